The Morgan fingerprint density at radius 1 is 1.31 bits per heavy atom. The van der Waals surface area contributed by atoms with Crippen molar-refractivity contribution in [2.75, 3.05) is 12.4 Å². The molecule has 3 nitrogen and oxygen atoms in total. The Morgan fingerprint density at radius 2 is 2.19 bits per heavy atom. The van der Waals surface area contributed by atoms with Crippen LogP contribution in [0.2, 0.25) is 0 Å². The van der Waals surface area contributed by atoms with Crippen LogP contribution >= 0.6 is 11.3 Å². The first-order chi connectivity index (χ1) is 7.79. The minimum absolute atomic E-state index is 0.264. The maximum atomic E-state index is 5.08. The summed E-state index contributed by atoms with van der Waals surface area (Å²) in [6.07, 6.45) is 0. The molecule has 0 bridgehead atoms. The van der Waals surface area contributed by atoms with Crippen LogP contribution in [0.15, 0.2) is 35.7 Å². The average Bonchev–Trinajstić information content (AvgIpc) is 2.83. The zero-order valence-electron chi connectivity index (χ0n) is 9.31. The highest BCUT2D eigenvalue weighted by Crippen LogP contribution is 2.22. The molecule has 2 rings (SSSR count). The summed E-state index contributed by atoms with van der Waals surface area (Å²) >= 11 is 1.74. The van der Waals surface area contributed by atoms with Crippen molar-refractivity contribution in [1.29, 1.82) is 0 Å². The molecule has 0 aromatic carbocycles. The van der Waals surface area contributed by atoms with Gasteiger partial charge in [-0.3, -0.25) is 0 Å². The SMILES string of the molecule is COc1cccc(NC(C)c2cccs2)n1. The van der Waals surface area contributed by atoms with E-state index in [1.54, 1.807) is 18.4 Å². The van der Waals surface area contributed by atoms with E-state index in [2.05, 4.69) is 34.7 Å². The largest absolute Gasteiger partial charge is 0.481 e. The molecule has 0 saturated carbocycles. The van der Waals surface area contributed by atoms with E-state index in [4.69, 9.17) is 4.74 Å². The summed E-state index contributed by atoms with van der Waals surface area (Å²) in [5.41, 5.74) is 0. The number of aromatic nitrogens is 1. The predicted octanol–water partition coefficient (Wildman–Crippen LogP) is 3.32. The fourth-order valence-corrected chi connectivity index (χ4v) is 2.17. The number of anilines is 1. The van der Waals surface area contributed by atoms with Gasteiger partial charge >= 0.3 is 0 Å². The maximum Gasteiger partial charge on any atom is 0.214 e. The standard InChI is InChI=1S/C12H14N2OS/c1-9(10-5-4-8-16-10)13-11-6-3-7-12(14-11)15-2/h3-9H,1-2H3,(H,13,14). The van der Waals surface area contributed by atoms with Crippen molar-refractivity contribution in [2.45, 2.75) is 13.0 Å². The molecule has 0 spiro atoms. The van der Waals surface area contributed by atoms with Gasteiger partial charge in [0.25, 0.3) is 0 Å². The number of nitrogens with one attached hydrogen (secondary N) is 1. The molecule has 0 fully saturated rings. The van der Waals surface area contributed by atoms with Crippen LogP contribution in [0.5, 0.6) is 5.88 Å². The Morgan fingerprint density at radius 3 is 2.88 bits per heavy atom. The van der Waals surface area contributed by atoms with Crippen LogP contribution < -0.4 is 10.1 Å². The summed E-state index contributed by atoms with van der Waals surface area (Å²) < 4.78 is 5.08. The van der Waals surface area contributed by atoms with Gasteiger partial charge in [0, 0.05) is 10.9 Å². The van der Waals surface area contributed by atoms with Gasteiger partial charge < -0.3 is 10.1 Å². The number of hydrogen-bond acceptors (Lipinski definition) is 4. The van der Waals surface area contributed by atoms with E-state index in [-0.39, 0.29) is 6.04 Å². The van der Waals surface area contributed by atoms with E-state index >= 15 is 0 Å². The highest BCUT2D eigenvalue weighted by atomic mass is 32.1. The molecular weight excluding hydrogens is 220 g/mol. The third-order valence-corrected chi connectivity index (χ3v) is 3.32. The molecule has 0 aliphatic rings. The fraction of sp³-hybridized carbons (Fsp3) is 0.250. The van der Waals surface area contributed by atoms with Gasteiger partial charge in [-0.15, -0.1) is 11.3 Å². The smallest absolute Gasteiger partial charge is 0.214 e. The first-order valence-corrected chi connectivity index (χ1v) is 5.98. The molecule has 0 amide bonds. The monoisotopic (exact) mass is 234 g/mol. The third kappa shape index (κ3) is 2.52. The highest BCUT2D eigenvalue weighted by Gasteiger charge is 2.06. The van der Waals surface area contributed by atoms with Gasteiger partial charge in [-0.05, 0) is 24.4 Å². The van der Waals surface area contributed by atoms with Gasteiger partial charge in [-0.2, -0.15) is 4.98 Å². The summed E-state index contributed by atoms with van der Waals surface area (Å²) in [6.45, 7) is 2.12. The second-order valence-corrected chi connectivity index (χ2v) is 4.43. The van der Waals surface area contributed by atoms with Gasteiger partial charge in [0.15, 0.2) is 0 Å². The van der Waals surface area contributed by atoms with Crippen LogP contribution in [-0.2, 0) is 0 Å². The molecule has 16 heavy (non-hydrogen) atoms. The third-order valence-electron chi connectivity index (χ3n) is 2.27. The summed E-state index contributed by atoms with van der Waals surface area (Å²) in [4.78, 5) is 5.61. The van der Waals surface area contributed by atoms with Crippen molar-refractivity contribution in [2.24, 2.45) is 0 Å². The van der Waals surface area contributed by atoms with E-state index in [9.17, 15) is 0 Å². The first kappa shape index (κ1) is 11.0. The van der Waals surface area contributed by atoms with Gasteiger partial charge in [0.2, 0.25) is 5.88 Å². The minimum atomic E-state index is 0.264. The lowest BCUT2D eigenvalue weighted by Crippen LogP contribution is -2.06. The lowest BCUT2D eigenvalue weighted by Gasteiger charge is -2.13. The van der Waals surface area contributed by atoms with E-state index in [0.29, 0.717) is 5.88 Å². The fourth-order valence-electron chi connectivity index (χ4n) is 1.44. The van der Waals surface area contributed by atoms with E-state index < -0.39 is 0 Å². The molecule has 0 saturated heterocycles. The number of nitrogens with zero attached hydrogens (tertiary/aromatic N) is 1. The van der Waals surface area contributed by atoms with Crippen molar-refractivity contribution < 1.29 is 4.74 Å². The second kappa shape index (κ2) is 4.99. The van der Waals surface area contributed by atoms with Gasteiger partial charge in [-0.1, -0.05) is 12.1 Å². The van der Waals surface area contributed by atoms with Crippen molar-refractivity contribution in [3.63, 3.8) is 0 Å². The topological polar surface area (TPSA) is 34.1 Å². The van der Waals surface area contributed by atoms with Crippen molar-refractivity contribution in [1.82, 2.24) is 4.98 Å². The molecule has 0 aliphatic carbocycles. The summed E-state index contributed by atoms with van der Waals surface area (Å²) in [6, 6.07) is 10.1. The number of hydrogen-bond donors (Lipinski definition) is 1. The number of pyridine rings is 1. The van der Waals surface area contributed by atoms with Crippen LogP contribution in [0.1, 0.15) is 17.8 Å². The summed E-state index contributed by atoms with van der Waals surface area (Å²) in [5.74, 6) is 1.46. The molecular formula is C12H14N2OS. The molecule has 84 valence electrons. The maximum absolute atomic E-state index is 5.08. The van der Waals surface area contributed by atoms with Crippen LogP contribution in [0.3, 0.4) is 0 Å². The number of methoxy groups -OCH3 is 1. The molecule has 0 aliphatic heterocycles. The van der Waals surface area contributed by atoms with Gasteiger partial charge in [0.1, 0.15) is 5.82 Å². The molecule has 1 atom stereocenters. The normalized spacial score (nSPS) is 12.1. The van der Waals surface area contributed by atoms with Gasteiger partial charge in [0.05, 0.1) is 13.2 Å². The molecule has 1 N–H and O–H groups in total. The van der Waals surface area contributed by atoms with Crippen molar-refractivity contribution in [3.05, 3.63) is 40.6 Å². The predicted molar refractivity (Wildman–Crippen MR) is 67.1 cm³/mol. The van der Waals surface area contributed by atoms with Crippen LogP contribution in [0.25, 0.3) is 0 Å². The summed E-state index contributed by atoms with van der Waals surface area (Å²) in [5, 5.41) is 5.41. The van der Waals surface area contributed by atoms with Crippen LogP contribution in [0, 0.1) is 0 Å². The van der Waals surface area contributed by atoms with Crippen molar-refractivity contribution >= 4 is 17.2 Å². The molecule has 1 unspecified atom stereocenters. The molecule has 0 radical (unpaired) electrons. The van der Waals surface area contributed by atoms with Crippen LogP contribution in [-0.4, -0.2) is 12.1 Å². The lowest BCUT2D eigenvalue weighted by molar-refractivity contribution is 0.398. The van der Waals surface area contributed by atoms with Crippen LogP contribution in [0.4, 0.5) is 5.82 Å². The van der Waals surface area contributed by atoms with Crippen molar-refractivity contribution in [3.8, 4) is 5.88 Å². The van der Waals surface area contributed by atoms with E-state index in [0.717, 1.165) is 5.82 Å². The highest BCUT2D eigenvalue weighted by molar-refractivity contribution is 7.10. The zero-order valence-corrected chi connectivity index (χ0v) is 10.1. The lowest BCUT2D eigenvalue weighted by atomic mass is 10.3. The molecule has 2 aromatic heterocycles. The Kier molecular flexibility index (Phi) is 3.41. The van der Waals surface area contributed by atoms with E-state index in [1.165, 1.54) is 4.88 Å². The molecule has 2 heterocycles. The van der Waals surface area contributed by atoms with E-state index in [1.807, 2.05) is 18.2 Å². The Hall–Kier alpha value is -1.55. The zero-order chi connectivity index (χ0) is 11.4. The summed E-state index contributed by atoms with van der Waals surface area (Å²) in [7, 11) is 1.62. The number of ether oxygens (including phenoxy) is 1. The second-order valence-electron chi connectivity index (χ2n) is 3.45. The Labute approximate surface area is 99.1 Å². The minimum Gasteiger partial charge on any atom is -0.481 e. The number of thiophene rings is 1. The average molecular weight is 234 g/mol. The molecule has 4 heteroatoms. The van der Waals surface area contributed by atoms with Gasteiger partial charge in [-0.25, -0.2) is 0 Å². The number of rotatable bonds is 4. The molecule has 2 aromatic rings. The Balaban J connectivity index is 2.08. The quantitative estimate of drug-likeness (QED) is 0.881. The first-order valence-electron chi connectivity index (χ1n) is 5.10. The Bertz CT molecular complexity index is 442.